The predicted molar refractivity (Wildman–Crippen MR) is 52.4 cm³/mol. The maximum absolute atomic E-state index is 11.3. The molecule has 2 aliphatic rings. The lowest BCUT2D eigenvalue weighted by molar-refractivity contribution is -0.145. The molecule has 0 bridgehead atoms. The van der Waals surface area contributed by atoms with Crippen LogP contribution in [-0.2, 0) is 4.79 Å². The average Bonchev–Trinajstić information content (AvgIpc) is 2.14. The van der Waals surface area contributed by atoms with Gasteiger partial charge in [-0.05, 0) is 12.8 Å². The van der Waals surface area contributed by atoms with E-state index < -0.39 is 0 Å². The summed E-state index contributed by atoms with van der Waals surface area (Å²) >= 11 is 0. The van der Waals surface area contributed by atoms with Gasteiger partial charge in [0.25, 0.3) is 0 Å². The van der Waals surface area contributed by atoms with Gasteiger partial charge in [-0.3, -0.25) is 4.79 Å². The largest absolute Gasteiger partial charge is 0.341 e. The van der Waals surface area contributed by atoms with Gasteiger partial charge >= 0.3 is 0 Å². The van der Waals surface area contributed by atoms with E-state index in [1.54, 1.807) is 0 Å². The quantitative estimate of drug-likeness (QED) is 0.607. The molecule has 1 heterocycles. The van der Waals surface area contributed by atoms with E-state index in [1.807, 2.05) is 11.8 Å². The molecule has 2 fully saturated rings. The molecule has 0 aromatic rings. The Bertz CT molecular complexity index is 198. The Morgan fingerprint density at radius 2 is 1.85 bits per heavy atom. The fraction of sp³-hybridized carbons (Fsp3) is 0.909. The van der Waals surface area contributed by atoms with Gasteiger partial charge in [-0.15, -0.1) is 0 Å². The van der Waals surface area contributed by atoms with E-state index in [0.717, 1.165) is 13.1 Å². The number of carbonyl (C=O) groups excluding carboxylic acids is 1. The second-order valence-electron chi connectivity index (χ2n) is 4.66. The van der Waals surface area contributed by atoms with Crippen molar-refractivity contribution in [3.63, 3.8) is 0 Å². The van der Waals surface area contributed by atoms with Gasteiger partial charge in [-0.25, -0.2) is 0 Å². The van der Waals surface area contributed by atoms with Gasteiger partial charge in [0.1, 0.15) is 0 Å². The Labute approximate surface area is 80.3 Å². The molecule has 0 N–H and O–H groups in total. The van der Waals surface area contributed by atoms with E-state index >= 15 is 0 Å². The summed E-state index contributed by atoms with van der Waals surface area (Å²) in [6, 6.07) is 0. The number of nitrogens with zero attached hydrogens (tertiary/aromatic N) is 1. The van der Waals surface area contributed by atoms with Crippen LogP contribution >= 0.6 is 0 Å². The molecular formula is C11H19NO. The first kappa shape index (κ1) is 9.04. The van der Waals surface area contributed by atoms with Crippen LogP contribution < -0.4 is 0 Å². The monoisotopic (exact) mass is 181 g/mol. The summed E-state index contributed by atoms with van der Waals surface area (Å²) in [5, 5.41) is 0. The van der Waals surface area contributed by atoms with Crippen LogP contribution in [0.3, 0.4) is 0 Å². The second-order valence-corrected chi connectivity index (χ2v) is 4.66. The molecule has 0 radical (unpaired) electrons. The van der Waals surface area contributed by atoms with Crippen molar-refractivity contribution in [3.8, 4) is 0 Å². The third-order valence-electron chi connectivity index (χ3n) is 3.62. The SMILES string of the molecule is CCC(=O)N1CC2(CCCCC2)C1. The summed E-state index contributed by atoms with van der Waals surface area (Å²) in [6.45, 7) is 4.06. The molecule has 1 amide bonds. The molecule has 13 heavy (non-hydrogen) atoms. The highest BCUT2D eigenvalue weighted by Crippen LogP contribution is 2.43. The van der Waals surface area contributed by atoms with Crippen LogP contribution in [0.15, 0.2) is 0 Å². The van der Waals surface area contributed by atoms with E-state index in [-0.39, 0.29) is 0 Å². The predicted octanol–water partition coefficient (Wildman–Crippen LogP) is 2.19. The lowest BCUT2D eigenvalue weighted by Crippen LogP contribution is -2.58. The zero-order chi connectivity index (χ0) is 9.31. The average molecular weight is 181 g/mol. The zero-order valence-corrected chi connectivity index (χ0v) is 8.51. The number of likely N-dealkylation sites (tertiary alicyclic amines) is 1. The van der Waals surface area contributed by atoms with Crippen molar-refractivity contribution < 1.29 is 4.79 Å². The summed E-state index contributed by atoms with van der Waals surface area (Å²) in [7, 11) is 0. The van der Waals surface area contributed by atoms with Gasteiger partial charge in [0.2, 0.25) is 5.91 Å². The minimum atomic E-state index is 0.344. The highest BCUT2D eigenvalue weighted by atomic mass is 16.2. The summed E-state index contributed by atoms with van der Waals surface area (Å²) in [5.41, 5.74) is 0.559. The smallest absolute Gasteiger partial charge is 0.222 e. The first-order valence-corrected chi connectivity index (χ1v) is 5.54. The van der Waals surface area contributed by atoms with Gasteiger partial charge in [-0.2, -0.15) is 0 Å². The Morgan fingerprint density at radius 1 is 1.23 bits per heavy atom. The van der Waals surface area contributed by atoms with Crippen molar-refractivity contribution in [3.05, 3.63) is 0 Å². The van der Waals surface area contributed by atoms with Crippen LogP contribution in [0.2, 0.25) is 0 Å². The molecule has 1 aliphatic heterocycles. The summed E-state index contributed by atoms with van der Waals surface area (Å²) in [6.07, 6.45) is 7.57. The van der Waals surface area contributed by atoms with Crippen LogP contribution in [0.25, 0.3) is 0 Å². The number of hydrogen-bond acceptors (Lipinski definition) is 1. The van der Waals surface area contributed by atoms with Crippen molar-refractivity contribution >= 4 is 5.91 Å². The molecule has 0 aromatic heterocycles. The molecule has 1 saturated heterocycles. The molecule has 2 rings (SSSR count). The van der Waals surface area contributed by atoms with Crippen molar-refractivity contribution in [2.75, 3.05) is 13.1 Å². The van der Waals surface area contributed by atoms with Gasteiger partial charge in [-0.1, -0.05) is 26.2 Å². The third-order valence-corrected chi connectivity index (χ3v) is 3.62. The minimum absolute atomic E-state index is 0.344. The zero-order valence-electron chi connectivity index (χ0n) is 8.51. The van der Waals surface area contributed by atoms with Crippen molar-refractivity contribution in [2.24, 2.45) is 5.41 Å². The topological polar surface area (TPSA) is 20.3 Å². The lowest BCUT2D eigenvalue weighted by atomic mass is 9.68. The van der Waals surface area contributed by atoms with Crippen LogP contribution in [0.5, 0.6) is 0 Å². The number of carbonyl (C=O) groups is 1. The molecule has 2 nitrogen and oxygen atoms in total. The fourth-order valence-corrected chi connectivity index (χ4v) is 2.78. The highest BCUT2D eigenvalue weighted by Gasteiger charge is 2.44. The normalized spacial score (nSPS) is 25.8. The first-order valence-electron chi connectivity index (χ1n) is 5.54. The molecule has 74 valence electrons. The van der Waals surface area contributed by atoms with E-state index in [0.29, 0.717) is 17.7 Å². The van der Waals surface area contributed by atoms with Crippen LogP contribution in [-0.4, -0.2) is 23.9 Å². The molecule has 0 aromatic carbocycles. The van der Waals surface area contributed by atoms with Crippen LogP contribution in [0.4, 0.5) is 0 Å². The van der Waals surface area contributed by atoms with Gasteiger partial charge in [0.15, 0.2) is 0 Å². The van der Waals surface area contributed by atoms with E-state index in [9.17, 15) is 4.79 Å². The number of amides is 1. The Balaban J connectivity index is 1.85. The summed E-state index contributed by atoms with van der Waals surface area (Å²) < 4.78 is 0. The Hall–Kier alpha value is -0.530. The molecule has 2 heteroatoms. The highest BCUT2D eigenvalue weighted by molar-refractivity contribution is 5.76. The third kappa shape index (κ3) is 1.59. The molecular weight excluding hydrogens is 162 g/mol. The molecule has 1 saturated carbocycles. The molecule has 1 spiro atoms. The maximum Gasteiger partial charge on any atom is 0.222 e. The molecule has 1 aliphatic carbocycles. The van der Waals surface area contributed by atoms with Crippen LogP contribution in [0, 0.1) is 5.41 Å². The van der Waals surface area contributed by atoms with Gasteiger partial charge < -0.3 is 4.90 Å². The second kappa shape index (κ2) is 3.32. The van der Waals surface area contributed by atoms with E-state index in [2.05, 4.69) is 0 Å². The molecule has 0 unspecified atom stereocenters. The summed E-state index contributed by atoms with van der Waals surface area (Å²) in [4.78, 5) is 13.4. The summed E-state index contributed by atoms with van der Waals surface area (Å²) in [5.74, 6) is 0.344. The van der Waals surface area contributed by atoms with Crippen molar-refractivity contribution in [2.45, 2.75) is 45.4 Å². The maximum atomic E-state index is 11.3. The Morgan fingerprint density at radius 3 is 2.38 bits per heavy atom. The first-order chi connectivity index (χ1) is 6.26. The van der Waals surface area contributed by atoms with Gasteiger partial charge in [0, 0.05) is 24.9 Å². The number of hydrogen-bond donors (Lipinski definition) is 0. The lowest BCUT2D eigenvalue weighted by Gasteiger charge is -2.52. The van der Waals surface area contributed by atoms with Crippen molar-refractivity contribution in [1.82, 2.24) is 4.90 Å². The fourth-order valence-electron chi connectivity index (χ4n) is 2.78. The van der Waals surface area contributed by atoms with Crippen LogP contribution in [0.1, 0.15) is 45.4 Å². The molecule has 0 atom stereocenters. The number of rotatable bonds is 1. The standard InChI is InChI=1S/C11H19NO/c1-2-10(13)12-8-11(9-12)6-4-3-5-7-11/h2-9H2,1H3. The van der Waals surface area contributed by atoms with E-state index in [4.69, 9.17) is 0 Å². The minimum Gasteiger partial charge on any atom is -0.341 e. The Kier molecular flexibility index (Phi) is 2.31. The van der Waals surface area contributed by atoms with E-state index in [1.165, 1.54) is 32.1 Å². The van der Waals surface area contributed by atoms with Gasteiger partial charge in [0.05, 0.1) is 0 Å². The van der Waals surface area contributed by atoms with Crippen molar-refractivity contribution in [1.29, 1.82) is 0 Å².